The van der Waals surface area contributed by atoms with E-state index < -0.39 is 0 Å². The van der Waals surface area contributed by atoms with Gasteiger partial charge in [0.2, 0.25) is 0 Å². The van der Waals surface area contributed by atoms with Gasteiger partial charge in [0, 0.05) is 25.2 Å². The van der Waals surface area contributed by atoms with Crippen LogP contribution in [0.1, 0.15) is 12.8 Å². The Balaban J connectivity index is 2.23. The molecule has 0 saturated heterocycles. The lowest BCUT2D eigenvalue weighted by molar-refractivity contribution is 0.551. The van der Waals surface area contributed by atoms with Gasteiger partial charge >= 0.3 is 0 Å². The number of aliphatic imine (C=N–C) groups is 1. The molecule has 0 aromatic rings. The maximum Gasteiger partial charge on any atom is 0.0385 e. The third-order valence-electron chi connectivity index (χ3n) is 1.64. The van der Waals surface area contributed by atoms with Crippen molar-refractivity contribution in [3.63, 3.8) is 0 Å². The largest absolute Gasteiger partial charge is 0.319 e. The van der Waals surface area contributed by atoms with E-state index in [-0.39, 0.29) is 0 Å². The molecule has 0 aliphatic carbocycles. The summed E-state index contributed by atoms with van der Waals surface area (Å²) in [6.45, 7) is 2.13. The molecule has 1 N–H and O–H groups in total. The fourth-order valence-corrected chi connectivity index (χ4v) is 1.16. The quantitative estimate of drug-likeness (QED) is 0.578. The van der Waals surface area contributed by atoms with Crippen molar-refractivity contribution in [3.05, 3.63) is 0 Å². The normalized spacial score (nSPS) is 26.6. The number of nitrogens with zero attached hydrogens (tertiary/aromatic N) is 1. The smallest absolute Gasteiger partial charge is 0.0385 e. The fourth-order valence-electron chi connectivity index (χ4n) is 1.16. The molecule has 0 amide bonds. The molecule has 9 heavy (non-hydrogen) atoms. The molecule has 1 atom stereocenters. The Bertz CT molecular complexity index is 99.1. The number of hydrogen-bond acceptors (Lipinski definition) is 2. The standard InChI is InChI=1S/C7H14N2/c1-8-5-7-3-2-4-9-6-7/h6-8H,2-5H2,1H3. The van der Waals surface area contributed by atoms with Crippen molar-refractivity contribution in [1.29, 1.82) is 0 Å². The molecule has 0 radical (unpaired) electrons. The molecule has 1 aliphatic rings. The monoisotopic (exact) mass is 126 g/mol. The Morgan fingerprint density at radius 1 is 1.78 bits per heavy atom. The Morgan fingerprint density at radius 2 is 2.67 bits per heavy atom. The second-order valence-electron chi connectivity index (χ2n) is 2.52. The molecule has 0 fully saturated rings. The van der Waals surface area contributed by atoms with Crippen molar-refractivity contribution in [3.8, 4) is 0 Å². The van der Waals surface area contributed by atoms with Crippen LogP contribution >= 0.6 is 0 Å². The van der Waals surface area contributed by atoms with E-state index in [1.807, 2.05) is 7.05 Å². The molecule has 0 aromatic carbocycles. The summed E-state index contributed by atoms with van der Waals surface area (Å²) >= 11 is 0. The average Bonchev–Trinajstić information content (AvgIpc) is 1.91. The predicted octanol–water partition coefficient (Wildman–Crippen LogP) is 0.687. The van der Waals surface area contributed by atoms with Crippen LogP contribution in [-0.2, 0) is 0 Å². The summed E-state index contributed by atoms with van der Waals surface area (Å²) in [6.07, 6.45) is 4.66. The molecule has 1 aliphatic heterocycles. The maximum absolute atomic E-state index is 4.21. The van der Waals surface area contributed by atoms with E-state index in [9.17, 15) is 0 Å². The number of rotatable bonds is 2. The van der Waals surface area contributed by atoms with Crippen LogP contribution in [0, 0.1) is 5.92 Å². The van der Waals surface area contributed by atoms with Gasteiger partial charge in [-0.25, -0.2) is 0 Å². The highest BCUT2D eigenvalue weighted by Gasteiger charge is 2.06. The minimum atomic E-state index is 0.698. The van der Waals surface area contributed by atoms with Gasteiger partial charge < -0.3 is 5.32 Å². The molecule has 1 rings (SSSR count). The van der Waals surface area contributed by atoms with E-state index in [0.717, 1.165) is 13.1 Å². The molecule has 0 spiro atoms. The zero-order valence-electron chi connectivity index (χ0n) is 5.93. The Hall–Kier alpha value is -0.370. The first kappa shape index (κ1) is 6.75. The first-order valence-electron chi connectivity index (χ1n) is 3.58. The summed E-state index contributed by atoms with van der Waals surface area (Å²) in [7, 11) is 1.99. The molecule has 2 heteroatoms. The van der Waals surface area contributed by atoms with Gasteiger partial charge in [0.25, 0.3) is 0 Å². The number of hydrogen-bond donors (Lipinski definition) is 1. The summed E-state index contributed by atoms with van der Waals surface area (Å²) in [4.78, 5) is 4.21. The van der Waals surface area contributed by atoms with Gasteiger partial charge in [0.05, 0.1) is 0 Å². The zero-order valence-corrected chi connectivity index (χ0v) is 5.93. The molecular formula is C7H14N2. The molecule has 0 bridgehead atoms. The topological polar surface area (TPSA) is 24.4 Å². The first-order chi connectivity index (χ1) is 4.43. The van der Waals surface area contributed by atoms with E-state index in [0.29, 0.717) is 5.92 Å². The molecule has 2 nitrogen and oxygen atoms in total. The third kappa shape index (κ3) is 2.14. The van der Waals surface area contributed by atoms with Crippen LogP contribution in [0.25, 0.3) is 0 Å². The summed E-state index contributed by atoms with van der Waals surface area (Å²) < 4.78 is 0. The van der Waals surface area contributed by atoms with Crippen LogP contribution < -0.4 is 5.32 Å². The highest BCUT2D eigenvalue weighted by molar-refractivity contribution is 5.61. The highest BCUT2D eigenvalue weighted by atomic mass is 14.8. The SMILES string of the molecule is CNCC1C=NCCC1. The summed E-state index contributed by atoms with van der Waals surface area (Å²) in [6, 6.07) is 0. The molecule has 1 heterocycles. The summed E-state index contributed by atoms with van der Waals surface area (Å²) in [5, 5.41) is 3.15. The Labute approximate surface area is 56.4 Å². The van der Waals surface area contributed by atoms with Crippen LogP contribution in [0.2, 0.25) is 0 Å². The Morgan fingerprint density at radius 3 is 3.22 bits per heavy atom. The first-order valence-corrected chi connectivity index (χ1v) is 3.58. The van der Waals surface area contributed by atoms with Crippen molar-refractivity contribution in [2.45, 2.75) is 12.8 Å². The second kappa shape index (κ2) is 3.62. The van der Waals surface area contributed by atoms with Gasteiger partial charge in [-0.05, 0) is 19.9 Å². The van der Waals surface area contributed by atoms with E-state index in [2.05, 4.69) is 16.5 Å². The van der Waals surface area contributed by atoms with Gasteiger partial charge in [-0.3, -0.25) is 4.99 Å². The molecule has 52 valence electrons. The lowest BCUT2D eigenvalue weighted by Gasteiger charge is -2.13. The van der Waals surface area contributed by atoms with Crippen molar-refractivity contribution in [1.82, 2.24) is 5.32 Å². The summed E-state index contributed by atoms with van der Waals surface area (Å²) in [5.74, 6) is 0.698. The second-order valence-corrected chi connectivity index (χ2v) is 2.52. The minimum absolute atomic E-state index is 0.698. The lowest BCUT2D eigenvalue weighted by Crippen LogP contribution is -2.22. The van der Waals surface area contributed by atoms with E-state index in [1.165, 1.54) is 12.8 Å². The predicted molar refractivity (Wildman–Crippen MR) is 40.0 cm³/mol. The zero-order chi connectivity index (χ0) is 6.53. The molecule has 1 unspecified atom stereocenters. The van der Waals surface area contributed by atoms with Gasteiger partial charge in [-0.1, -0.05) is 0 Å². The maximum atomic E-state index is 4.21. The van der Waals surface area contributed by atoms with E-state index in [4.69, 9.17) is 0 Å². The lowest BCUT2D eigenvalue weighted by atomic mass is 10.0. The van der Waals surface area contributed by atoms with Crippen LogP contribution in [0.4, 0.5) is 0 Å². The van der Waals surface area contributed by atoms with Crippen molar-refractivity contribution < 1.29 is 0 Å². The van der Waals surface area contributed by atoms with Gasteiger partial charge in [-0.15, -0.1) is 0 Å². The highest BCUT2D eigenvalue weighted by Crippen LogP contribution is 2.07. The van der Waals surface area contributed by atoms with Gasteiger partial charge in [0.1, 0.15) is 0 Å². The molecular weight excluding hydrogens is 112 g/mol. The van der Waals surface area contributed by atoms with Crippen LogP contribution in [0.15, 0.2) is 4.99 Å². The summed E-state index contributed by atoms with van der Waals surface area (Å²) in [5.41, 5.74) is 0. The van der Waals surface area contributed by atoms with Crippen molar-refractivity contribution >= 4 is 6.21 Å². The van der Waals surface area contributed by atoms with Crippen molar-refractivity contribution in [2.24, 2.45) is 10.9 Å². The molecule has 0 saturated carbocycles. The van der Waals surface area contributed by atoms with Crippen LogP contribution in [0.3, 0.4) is 0 Å². The van der Waals surface area contributed by atoms with Crippen LogP contribution in [0.5, 0.6) is 0 Å². The van der Waals surface area contributed by atoms with E-state index >= 15 is 0 Å². The average molecular weight is 126 g/mol. The van der Waals surface area contributed by atoms with Crippen molar-refractivity contribution in [2.75, 3.05) is 20.1 Å². The Kier molecular flexibility index (Phi) is 2.71. The van der Waals surface area contributed by atoms with E-state index in [1.54, 1.807) is 0 Å². The minimum Gasteiger partial charge on any atom is -0.319 e. The van der Waals surface area contributed by atoms with Gasteiger partial charge in [0.15, 0.2) is 0 Å². The molecule has 0 aromatic heterocycles. The van der Waals surface area contributed by atoms with Gasteiger partial charge in [-0.2, -0.15) is 0 Å². The van der Waals surface area contributed by atoms with Crippen LogP contribution in [-0.4, -0.2) is 26.4 Å². The third-order valence-corrected chi connectivity index (χ3v) is 1.64. The number of nitrogens with one attached hydrogen (secondary N) is 1. The fraction of sp³-hybridized carbons (Fsp3) is 0.857.